The van der Waals surface area contributed by atoms with Crippen molar-refractivity contribution in [1.82, 2.24) is 13.9 Å². The van der Waals surface area contributed by atoms with Crippen LogP contribution in [0.4, 0.5) is 4.39 Å². The van der Waals surface area contributed by atoms with Gasteiger partial charge in [0.1, 0.15) is 16.5 Å². The molecular formula is C21H25FN4O3S. The fourth-order valence-electron chi connectivity index (χ4n) is 3.41. The number of allylic oxidation sites excluding steroid dienone is 1. The lowest BCUT2D eigenvalue weighted by Crippen LogP contribution is -2.22. The van der Waals surface area contributed by atoms with Gasteiger partial charge in [-0.2, -0.15) is 0 Å². The number of hydrogen-bond acceptors (Lipinski definition) is 5. The molecule has 9 heteroatoms. The van der Waals surface area contributed by atoms with Crippen LogP contribution in [-0.4, -0.2) is 50.0 Å². The summed E-state index contributed by atoms with van der Waals surface area (Å²) in [6.07, 6.45) is 4.25. The molecule has 30 heavy (non-hydrogen) atoms. The van der Waals surface area contributed by atoms with Crippen LogP contribution in [0.5, 0.6) is 5.75 Å². The Morgan fingerprint density at radius 3 is 2.67 bits per heavy atom. The molecule has 0 unspecified atom stereocenters. The van der Waals surface area contributed by atoms with Crippen molar-refractivity contribution in [3.63, 3.8) is 0 Å². The van der Waals surface area contributed by atoms with Crippen molar-refractivity contribution in [3.05, 3.63) is 54.3 Å². The zero-order chi connectivity index (χ0) is 22.1. The third-order valence-electron chi connectivity index (χ3n) is 4.96. The van der Waals surface area contributed by atoms with Crippen molar-refractivity contribution in [2.45, 2.75) is 18.4 Å². The Morgan fingerprint density at radius 1 is 1.30 bits per heavy atom. The van der Waals surface area contributed by atoms with E-state index in [2.05, 4.69) is 4.98 Å². The lowest BCUT2D eigenvalue weighted by atomic mass is 10.0. The maximum atomic E-state index is 14.3. The number of sulfonamides is 1. The maximum Gasteiger partial charge on any atom is 0.244 e. The summed E-state index contributed by atoms with van der Waals surface area (Å²) in [7, 11) is 0.858. The zero-order valence-electron chi connectivity index (χ0n) is 17.4. The summed E-state index contributed by atoms with van der Waals surface area (Å²) >= 11 is 0. The predicted molar refractivity (Wildman–Crippen MR) is 116 cm³/mol. The van der Waals surface area contributed by atoms with E-state index < -0.39 is 10.0 Å². The van der Waals surface area contributed by atoms with Crippen molar-refractivity contribution in [3.8, 4) is 16.9 Å². The lowest BCUT2D eigenvalue weighted by Gasteiger charge is -2.12. The third-order valence-corrected chi connectivity index (χ3v) is 6.74. The van der Waals surface area contributed by atoms with E-state index in [1.54, 1.807) is 25.4 Å². The van der Waals surface area contributed by atoms with Gasteiger partial charge in [-0.15, -0.1) is 0 Å². The standard InChI is InChI=1S/C21H25FN4O3S/c1-14-21(15-9-18(12-24-11-15)30(27,28)25(2)3)19-10-17(29-4)5-6-20(19)26(14)13-16(22)7-8-23/h5-7,9-12H,8,13,23H2,1-4H3/b16-7-. The number of fused-ring (bicyclic) bond motifs is 1. The van der Waals surface area contributed by atoms with E-state index in [9.17, 15) is 12.8 Å². The molecule has 2 N–H and O–H groups in total. The van der Waals surface area contributed by atoms with Crippen LogP contribution in [0.1, 0.15) is 5.69 Å². The molecule has 0 saturated carbocycles. The molecule has 160 valence electrons. The van der Waals surface area contributed by atoms with Gasteiger partial charge in [0.2, 0.25) is 10.0 Å². The average molecular weight is 433 g/mol. The molecule has 0 amide bonds. The predicted octanol–water partition coefficient (Wildman–Crippen LogP) is 3.08. The van der Waals surface area contributed by atoms with Crippen LogP contribution in [0.3, 0.4) is 0 Å². The first-order valence-electron chi connectivity index (χ1n) is 9.30. The highest BCUT2D eigenvalue weighted by molar-refractivity contribution is 7.89. The molecule has 3 aromatic rings. The SMILES string of the molecule is COc1ccc2c(c1)c(-c1cncc(S(=O)(=O)N(C)C)c1)c(C)n2C/C(F)=C/CN. The number of ether oxygens (including phenoxy) is 1. The molecule has 0 aliphatic rings. The average Bonchev–Trinajstić information content (AvgIpc) is 2.98. The van der Waals surface area contributed by atoms with Gasteiger partial charge in [-0.25, -0.2) is 17.1 Å². The van der Waals surface area contributed by atoms with Crippen LogP contribution in [0.2, 0.25) is 0 Å². The van der Waals surface area contributed by atoms with Crippen LogP contribution in [0, 0.1) is 6.92 Å². The second-order valence-electron chi connectivity index (χ2n) is 7.01. The molecule has 0 bridgehead atoms. The molecule has 3 rings (SSSR count). The molecule has 1 aromatic carbocycles. The van der Waals surface area contributed by atoms with Crippen LogP contribution in [-0.2, 0) is 16.6 Å². The summed E-state index contributed by atoms with van der Waals surface area (Å²) in [5.41, 5.74) is 8.40. The highest BCUT2D eigenvalue weighted by Gasteiger charge is 2.22. The van der Waals surface area contributed by atoms with Crippen molar-refractivity contribution in [1.29, 1.82) is 0 Å². The van der Waals surface area contributed by atoms with E-state index in [1.165, 1.54) is 26.4 Å². The normalized spacial score (nSPS) is 12.7. The maximum absolute atomic E-state index is 14.3. The Morgan fingerprint density at radius 2 is 2.03 bits per heavy atom. The molecular weight excluding hydrogens is 407 g/mol. The Hall–Kier alpha value is -2.75. The fourth-order valence-corrected chi connectivity index (χ4v) is 4.30. The Kier molecular flexibility index (Phi) is 6.25. The first kappa shape index (κ1) is 21.9. The minimum atomic E-state index is -3.65. The molecule has 0 spiro atoms. The highest BCUT2D eigenvalue weighted by atomic mass is 32.2. The molecule has 0 fully saturated rings. The molecule has 0 aliphatic heterocycles. The van der Waals surface area contributed by atoms with E-state index in [-0.39, 0.29) is 23.8 Å². The van der Waals surface area contributed by atoms with Gasteiger partial charge in [-0.3, -0.25) is 4.98 Å². The van der Waals surface area contributed by atoms with Crippen LogP contribution in [0.25, 0.3) is 22.0 Å². The first-order valence-corrected chi connectivity index (χ1v) is 10.7. The van der Waals surface area contributed by atoms with Gasteiger partial charge in [0.25, 0.3) is 0 Å². The number of aromatic nitrogens is 2. The fraction of sp³-hybridized carbons (Fsp3) is 0.286. The summed E-state index contributed by atoms with van der Waals surface area (Å²) in [5.74, 6) is 0.297. The Labute approximate surface area is 175 Å². The van der Waals surface area contributed by atoms with E-state index in [4.69, 9.17) is 10.5 Å². The first-order chi connectivity index (χ1) is 14.2. The summed E-state index contributed by atoms with van der Waals surface area (Å²) in [6.45, 7) is 2.00. The second kappa shape index (κ2) is 8.55. The van der Waals surface area contributed by atoms with E-state index in [0.717, 1.165) is 26.5 Å². The number of nitrogens with zero attached hydrogens (tertiary/aromatic N) is 3. The van der Waals surface area contributed by atoms with Gasteiger partial charge in [0, 0.05) is 60.8 Å². The summed E-state index contributed by atoms with van der Waals surface area (Å²) in [4.78, 5) is 4.24. The molecule has 0 atom stereocenters. The van der Waals surface area contributed by atoms with Gasteiger partial charge in [0.05, 0.1) is 13.7 Å². The van der Waals surface area contributed by atoms with Crippen LogP contribution >= 0.6 is 0 Å². The summed E-state index contributed by atoms with van der Waals surface area (Å²) in [5, 5.41) is 0.814. The minimum absolute atomic E-state index is 0.0228. The number of methoxy groups -OCH3 is 1. The number of nitrogens with two attached hydrogens (primary N) is 1. The topological polar surface area (TPSA) is 90.5 Å². The van der Waals surface area contributed by atoms with Crippen molar-refractivity contribution in [2.24, 2.45) is 5.73 Å². The van der Waals surface area contributed by atoms with Gasteiger partial charge in [-0.05, 0) is 37.3 Å². The molecule has 0 saturated heterocycles. The van der Waals surface area contributed by atoms with E-state index in [1.807, 2.05) is 23.6 Å². The van der Waals surface area contributed by atoms with Gasteiger partial charge < -0.3 is 15.0 Å². The largest absolute Gasteiger partial charge is 0.497 e. The van der Waals surface area contributed by atoms with Crippen molar-refractivity contribution in [2.75, 3.05) is 27.7 Å². The molecule has 7 nitrogen and oxygen atoms in total. The quantitative estimate of drug-likeness (QED) is 0.620. The number of rotatable bonds is 7. The van der Waals surface area contributed by atoms with E-state index in [0.29, 0.717) is 11.3 Å². The monoisotopic (exact) mass is 432 g/mol. The molecule has 0 aliphatic carbocycles. The van der Waals surface area contributed by atoms with Crippen LogP contribution in [0.15, 0.2) is 53.5 Å². The minimum Gasteiger partial charge on any atom is -0.497 e. The second-order valence-corrected chi connectivity index (χ2v) is 9.16. The third kappa shape index (κ3) is 3.96. The Balaban J connectivity index is 2.28. The van der Waals surface area contributed by atoms with E-state index >= 15 is 0 Å². The summed E-state index contributed by atoms with van der Waals surface area (Å²) in [6, 6.07) is 7.10. The Bertz CT molecular complexity index is 1220. The van der Waals surface area contributed by atoms with Crippen LogP contribution < -0.4 is 10.5 Å². The van der Waals surface area contributed by atoms with Crippen molar-refractivity contribution >= 4 is 20.9 Å². The lowest BCUT2D eigenvalue weighted by molar-refractivity contribution is 0.415. The number of hydrogen-bond donors (Lipinski definition) is 1. The smallest absolute Gasteiger partial charge is 0.244 e. The van der Waals surface area contributed by atoms with Crippen molar-refractivity contribution < 1.29 is 17.5 Å². The molecule has 2 heterocycles. The van der Waals surface area contributed by atoms with Gasteiger partial charge in [0.15, 0.2) is 0 Å². The number of halogens is 1. The molecule has 2 aromatic heterocycles. The van der Waals surface area contributed by atoms with Gasteiger partial charge >= 0.3 is 0 Å². The zero-order valence-corrected chi connectivity index (χ0v) is 18.2. The highest BCUT2D eigenvalue weighted by Crippen LogP contribution is 2.37. The molecule has 0 radical (unpaired) electrons. The number of pyridine rings is 1. The van der Waals surface area contributed by atoms with Gasteiger partial charge in [-0.1, -0.05) is 0 Å². The summed E-state index contributed by atoms with van der Waals surface area (Å²) < 4.78 is 47.8. The number of benzene rings is 1.